The summed E-state index contributed by atoms with van der Waals surface area (Å²) < 4.78 is 0. The molecule has 0 radical (unpaired) electrons. The third-order valence-corrected chi connectivity index (χ3v) is 3.44. The van der Waals surface area contributed by atoms with Gasteiger partial charge in [-0.2, -0.15) is 0 Å². The smallest absolute Gasteiger partial charge is 0.0133 e. The zero-order valence-corrected chi connectivity index (χ0v) is 9.37. The van der Waals surface area contributed by atoms with Crippen molar-refractivity contribution in [1.29, 1.82) is 0 Å². The molecule has 1 atom stereocenters. The molecule has 1 aromatic carbocycles. The lowest BCUT2D eigenvalue weighted by atomic mass is 9.94. The van der Waals surface area contributed by atoms with Crippen molar-refractivity contribution >= 4 is 0 Å². The predicted octanol–water partition coefficient (Wildman–Crippen LogP) is 2.57. The molecule has 1 N–H and O–H groups in total. The van der Waals surface area contributed by atoms with Gasteiger partial charge in [-0.05, 0) is 43.4 Å². The second-order valence-electron chi connectivity index (χ2n) is 4.36. The monoisotopic (exact) mass is 201 g/mol. The van der Waals surface area contributed by atoms with Gasteiger partial charge in [-0.25, -0.2) is 0 Å². The molecule has 1 aromatic rings. The second-order valence-corrected chi connectivity index (χ2v) is 4.36. The van der Waals surface area contributed by atoms with E-state index in [9.17, 15) is 0 Å². The molecule has 0 heterocycles. The van der Waals surface area contributed by atoms with E-state index in [1.54, 1.807) is 0 Å². The van der Waals surface area contributed by atoms with E-state index in [0.717, 1.165) is 12.3 Å². The summed E-state index contributed by atoms with van der Waals surface area (Å²) in [5.41, 5.74) is 3.07. The minimum absolute atomic E-state index is 0.579. The zero-order chi connectivity index (χ0) is 10.7. The zero-order valence-electron chi connectivity index (χ0n) is 9.37. The maximum atomic E-state index is 3.83. The Balaban J connectivity index is 2.08. The Morgan fingerprint density at radius 2 is 2.00 bits per heavy atom. The van der Waals surface area contributed by atoms with Gasteiger partial charge in [-0.15, -0.1) is 6.58 Å². The van der Waals surface area contributed by atoms with Gasteiger partial charge in [0.05, 0.1) is 0 Å². The van der Waals surface area contributed by atoms with Gasteiger partial charge in [0, 0.05) is 6.04 Å². The van der Waals surface area contributed by atoms with E-state index >= 15 is 0 Å². The molecule has 0 saturated heterocycles. The van der Waals surface area contributed by atoms with E-state index < -0.39 is 0 Å². The summed E-state index contributed by atoms with van der Waals surface area (Å²) in [6, 6.07) is 9.38. The van der Waals surface area contributed by atoms with Crippen molar-refractivity contribution in [3.8, 4) is 0 Å². The van der Waals surface area contributed by atoms with Crippen LogP contribution in [0.3, 0.4) is 0 Å². The SMILES string of the molecule is C=CCC(NC)C1Cc2ccccc2C1. The minimum atomic E-state index is 0.579. The molecule has 0 fully saturated rings. The quantitative estimate of drug-likeness (QED) is 0.738. The maximum absolute atomic E-state index is 3.83. The highest BCUT2D eigenvalue weighted by atomic mass is 14.9. The molecule has 80 valence electrons. The van der Waals surface area contributed by atoms with E-state index in [2.05, 4.69) is 43.2 Å². The number of fused-ring (bicyclic) bond motifs is 1. The fraction of sp³-hybridized carbons (Fsp3) is 0.429. The highest BCUT2D eigenvalue weighted by Crippen LogP contribution is 2.29. The summed E-state index contributed by atoms with van der Waals surface area (Å²) in [5.74, 6) is 0.741. The molecule has 0 aromatic heterocycles. The second kappa shape index (κ2) is 4.63. The van der Waals surface area contributed by atoms with E-state index in [0.29, 0.717) is 6.04 Å². The summed E-state index contributed by atoms with van der Waals surface area (Å²) >= 11 is 0. The van der Waals surface area contributed by atoms with Gasteiger partial charge in [0.1, 0.15) is 0 Å². The van der Waals surface area contributed by atoms with Gasteiger partial charge in [0.25, 0.3) is 0 Å². The van der Waals surface area contributed by atoms with Crippen molar-refractivity contribution < 1.29 is 0 Å². The van der Waals surface area contributed by atoms with Gasteiger partial charge in [0.2, 0.25) is 0 Å². The molecule has 1 nitrogen and oxygen atoms in total. The van der Waals surface area contributed by atoms with Crippen LogP contribution in [-0.4, -0.2) is 13.1 Å². The van der Waals surface area contributed by atoms with Crippen molar-refractivity contribution in [2.75, 3.05) is 7.05 Å². The Bertz CT molecular complexity index is 318. The van der Waals surface area contributed by atoms with E-state index in [1.807, 2.05) is 6.08 Å². The number of hydrogen-bond donors (Lipinski definition) is 1. The Labute approximate surface area is 92.2 Å². The predicted molar refractivity (Wildman–Crippen MR) is 65.0 cm³/mol. The van der Waals surface area contributed by atoms with Gasteiger partial charge in [0.15, 0.2) is 0 Å². The lowest BCUT2D eigenvalue weighted by Crippen LogP contribution is -2.33. The summed E-state index contributed by atoms with van der Waals surface area (Å²) in [6.45, 7) is 3.83. The van der Waals surface area contributed by atoms with E-state index in [-0.39, 0.29) is 0 Å². The molecule has 1 heteroatoms. The van der Waals surface area contributed by atoms with Crippen LogP contribution < -0.4 is 5.32 Å². The Morgan fingerprint density at radius 3 is 2.47 bits per heavy atom. The Kier molecular flexibility index (Phi) is 3.22. The van der Waals surface area contributed by atoms with Crippen LogP contribution in [0.25, 0.3) is 0 Å². The average molecular weight is 201 g/mol. The molecule has 1 unspecified atom stereocenters. The average Bonchev–Trinajstić information content (AvgIpc) is 2.69. The highest BCUT2D eigenvalue weighted by Gasteiger charge is 2.26. The number of benzene rings is 1. The van der Waals surface area contributed by atoms with Crippen LogP contribution in [0.2, 0.25) is 0 Å². The fourth-order valence-corrected chi connectivity index (χ4v) is 2.60. The van der Waals surface area contributed by atoms with Crippen molar-refractivity contribution in [3.63, 3.8) is 0 Å². The van der Waals surface area contributed by atoms with E-state index in [4.69, 9.17) is 0 Å². The third-order valence-electron chi connectivity index (χ3n) is 3.44. The summed E-state index contributed by atoms with van der Waals surface area (Å²) in [5, 5.41) is 3.41. The minimum Gasteiger partial charge on any atom is -0.316 e. The molecule has 0 saturated carbocycles. The van der Waals surface area contributed by atoms with Crippen molar-refractivity contribution in [3.05, 3.63) is 48.0 Å². The van der Waals surface area contributed by atoms with Crippen LogP contribution in [-0.2, 0) is 12.8 Å². The molecule has 15 heavy (non-hydrogen) atoms. The molecule has 1 aliphatic rings. The van der Waals surface area contributed by atoms with Gasteiger partial charge < -0.3 is 5.32 Å². The first-order chi connectivity index (χ1) is 7.35. The van der Waals surface area contributed by atoms with Crippen LogP contribution in [0.1, 0.15) is 17.5 Å². The number of rotatable bonds is 4. The third kappa shape index (κ3) is 2.13. The molecule has 0 spiro atoms. The molecule has 0 amide bonds. The first-order valence-corrected chi connectivity index (χ1v) is 5.70. The van der Waals surface area contributed by atoms with Crippen LogP contribution in [0, 0.1) is 5.92 Å². The molecule has 1 aliphatic carbocycles. The van der Waals surface area contributed by atoms with Crippen LogP contribution >= 0.6 is 0 Å². The Hall–Kier alpha value is -1.08. The van der Waals surface area contributed by atoms with Gasteiger partial charge in [-0.3, -0.25) is 0 Å². The van der Waals surface area contributed by atoms with Crippen LogP contribution in [0.5, 0.6) is 0 Å². The first-order valence-electron chi connectivity index (χ1n) is 5.70. The summed E-state index contributed by atoms with van der Waals surface area (Å²) in [7, 11) is 2.05. The van der Waals surface area contributed by atoms with Crippen molar-refractivity contribution in [2.45, 2.75) is 25.3 Å². The van der Waals surface area contributed by atoms with Crippen LogP contribution in [0.4, 0.5) is 0 Å². The number of hydrogen-bond acceptors (Lipinski definition) is 1. The molecular weight excluding hydrogens is 182 g/mol. The molecule has 2 rings (SSSR count). The van der Waals surface area contributed by atoms with Crippen molar-refractivity contribution in [2.24, 2.45) is 5.92 Å². The van der Waals surface area contributed by atoms with Gasteiger partial charge >= 0.3 is 0 Å². The molecular formula is C14H19N. The normalized spacial score (nSPS) is 17.4. The Morgan fingerprint density at radius 1 is 1.40 bits per heavy atom. The first kappa shape index (κ1) is 10.4. The molecule has 0 bridgehead atoms. The number of nitrogens with one attached hydrogen (secondary N) is 1. The van der Waals surface area contributed by atoms with E-state index in [1.165, 1.54) is 24.0 Å². The fourth-order valence-electron chi connectivity index (χ4n) is 2.60. The lowest BCUT2D eigenvalue weighted by molar-refractivity contribution is 0.388. The molecule has 0 aliphatic heterocycles. The maximum Gasteiger partial charge on any atom is 0.0133 e. The largest absolute Gasteiger partial charge is 0.316 e. The lowest BCUT2D eigenvalue weighted by Gasteiger charge is -2.21. The van der Waals surface area contributed by atoms with Crippen LogP contribution in [0.15, 0.2) is 36.9 Å². The summed E-state index contributed by atoms with van der Waals surface area (Å²) in [4.78, 5) is 0. The van der Waals surface area contributed by atoms with Gasteiger partial charge in [-0.1, -0.05) is 30.3 Å². The van der Waals surface area contributed by atoms with Crippen molar-refractivity contribution in [1.82, 2.24) is 5.32 Å². The standard InChI is InChI=1S/C14H19N/c1-3-6-14(15-2)13-9-11-7-4-5-8-12(11)10-13/h3-5,7-8,13-15H,1,6,9-10H2,2H3. The highest BCUT2D eigenvalue weighted by molar-refractivity contribution is 5.32. The summed E-state index contributed by atoms with van der Waals surface area (Å²) in [6.07, 6.45) is 5.52. The topological polar surface area (TPSA) is 12.0 Å².